The number of hydrogen-bond acceptors (Lipinski definition) is 3. The van der Waals surface area contributed by atoms with E-state index in [9.17, 15) is 9.59 Å². The number of amides is 3. The summed E-state index contributed by atoms with van der Waals surface area (Å²) in [5, 5.41) is 8.93. The number of fused-ring (bicyclic) bond motifs is 1. The van der Waals surface area contributed by atoms with E-state index in [4.69, 9.17) is 0 Å². The van der Waals surface area contributed by atoms with Crippen LogP contribution in [0.1, 0.15) is 43.7 Å². The zero-order valence-corrected chi connectivity index (χ0v) is 17.5. The van der Waals surface area contributed by atoms with Crippen molar-refractivity contribution in [2.75, 3.05) is 23.3 Å². The molecular weight excluding hydrogens is 376 g/mol. The number of anilines is 2. The van der Waals surface area contributed by atoms with Gasteiger partial charge < -0.3 is 20.9 Å². The van der Waals surface area contributed by atoms with Gasteiger partial charge in [0, 0.05) is 31.0 Å². The summed E-state index contributed by atoms with van der Waals surface area (Å²) >= 11 is 0. The van der Waals surface area contributed by atoms with Gasteiger partial charge in [0.2, 0.25) is 5.91 Å². The highest BCUT2D eigenvalue weighted by atomic mass is 16.2. The van der Waals surface area contributed by atoms with Gasteiger partial charge in [-0.1, -0.05) is 49.2 Å². The first kappa shape index (κ1) is 20.3. The molecule has 0 bridgehead atoms. The zero-order chi connectivity index (χ0) is 21.0. The van der Waals surface area contributed by atoms with Crippen LogP contribution >= 0.6 is 0 Å². The van der Waals surface area contributed by atoms with E-state index in [-0.39, 0.29) is 11.9 Å². The molecule has 30 heavy (non-hydrogen) atoms. The molecule has 3 N–H and O–H groups in total. The minimum Gasteiger partial charge on any atom is -0.371 e. The standard InChI is InChI=1S/C24H30N4O2/c1-2-28-15-12-19-10-11-20(16-21(19)28)26-22(29)24(13-6-7-14-24)27-23(30)25-17-18-8-4-3-5-9-18/h3-5,8-11,16H,2,6-7,12-15,17H2,1H3,(H,26,29)(H2,25,27,30). The van der Waals surface area contributed by atoms with Crippen LogP contribution in [0.15, 0.2) is 48.5 Å². The molecule has 2 aliphatic rings. The number of nitrogens with zero attached hydrogens (tertiary/aromatic N) is 1. The molecule has 1 saturated carbocycles. The molecule has 6 nitrogen and oxygen atoms in total. The van der Waals surface area contributed by atoms with Gasteiger partial charge in [0.15, 0.2) is 0 Å². The Hall–Kier alpha value is -3.02. The van der Waals surface area contributed by atoms with Crippen molar-refractivity contribution < 1.29 is 9.59 Å². The van der Waals surface area contributed by atoms with Gasteiger partial charge in [0.05, 0.1) is 0 Å². The molecule has 1 heterocycles. The summed E-state index contributed by atoms with van der Waals surface area (Å²) in [5.74, 6) is -0.129. The van der Waals surface area contributed by atoms with Crippen molar-refractivity contribution >= 4 is 23.3 Å². The topological polar surface area (TPSA) is 73.5 Å². The van der Waals surface area contributed by atoms with Gasteiger partial charge in [-0.15, -0.1) is 0 Å². The van der Waals surface area contributed by atoms with Gasteiger partial charge in [0.25, 0.3) is 0 Å². The molecule has 0 atom stereocenters. The predicted molar refractivity (Wildman–Crippen MR) is 120 cm³/mol. The Labute approximate surface area is 178 Å². The molecule has 0 spiro atoms. The molecule has 1 aliphatic carbocycles. The molecule has 0 aromatic heterocycles. The van der Waals surface area contributed by atoms with Gasteiger partial charge in [-0.2, -0.15) is 0 Å². The smallest absolute Gasteiger partial charge is 0.315 e. The quantitative estimate of drug-likeness (QED) is 0.683. The van der Waals surface area contributed by atoms with Crippen molar-refractivity contribution in [3.8, 4) is 0 Å². The van der Waals surface area contributed by atoms with Crippen molar-refractivity contribution in [1.82, 2.24) is 10.6 Å². The third-order valence-corrected chi connectivity index (χ3v) is 6.26. The number of hydrogen-bond donors (Lipinski definition) is 3. The summed E-state index contributed by atoms with van der Waals surface area (Å²) in [4.78, 5) is 28.1. The summed E-state index contributed by atoms with van der Waals surface area (Å²) in [6, 6.07) is 15.6. The van der Waals surface area contributed by atoms with Gasteiger partial charge in [0.1, 0.15) is 5.54 Å². The number of carbonyl (C=O) groups is 2. The number of benzene rings is 2. The van der Waals surface area contributed by atoms with Crippen molar-refractivity contribution in [2.45, 2.75) is 51.1 Å². The van der Waals surface area contributed by atoms with E-state index in [1.165, 1.54) is 11.3 Å². The Morgan fingerprint density at radius 3 is 2.57 bits per heavy atom. The minimum atomic E-state index is -0.857. The molecule has 1 fully saturated rings. The van der Waals surface area contributed by atoms with Crippen LogP contribution in [0.2, 0.25) is 0 Å². The van der Waals surface area contributed by atoms with Crippen molar-refractivity contribution in [1.29, 1.82) is 0 Å². The summed E-state index contributed by atoms with van der Waals surface area (Å²) in [6.07, 6.45) is 4.22. The van der Waals surface area contributed by atoms with Gasteiger partial charge in [-0.3, -0.25) is 4.79 Å². The molecule has 2 aromatic rings. The highest BCUT2D eigenvalue weighted by Crippen LogP contribution is 2.33. The van der Waals surface area contributed by atoms with E-state index in [0.717, 1.165) is 43.6 Å². The monoisotopic (exact) mass is 406 g/mol. The van der Waals surface area contributed by atoms with Crippen LogP contribution < -0.4 is 20.9 Å². The second kappa shape index (κ2) is 8.78. The summed E-state index contributed by atoms with van der Waals surface area (Å²) < 4.78 is 0. The van der Waals surface area contributed by atoms with Crippen LogP contribution in [0.5, 0.6) is 0 Å². The number of urea groups is 1. The molecule has 158 valence electrons. The fourth-order valence-corrected chi connectivity index (χ4v) is 4.53. The van der Waals surface area contributed by atoms with Crippen LogP contribution in [-0.2, 0) is 17.8 Å². The largest absolute Gasteiger partial charge is 0.371 e. The maximum Gasteiger partial charge on any atom is 0.315 e. The molecule has 2 aromatic carbocycles. The normalized spacial score (nSPS) is 16.8. The fourth-order valence-electron chi connectivity index (χ4n) is 4.53. The van der Waals surface area contributed by atoms with Gasteiger partial charge in [-0.05, 0) is 49.4 Å². The summed E-state index contributed by atoms with van der Waals surface area (Å²) in [7, 11) is 0. The third kappa shape index (κ3) is 4.27. The average Bonchev–Trinajstić information content (AvgIpc) is 3.40. The van der Waals surface area contributed by atoms with Crippen molar-refractivity contribution in [3.63, 3.8) is 0 Å². The lowest BCUT2D eigenvalue weighted by atomic mass is 9.96. The van der Waals surface area contributed by atoms with E-state index < -0.39 is 5.54 Å². The van der Waals surface area contributed by atoms with E-state index in [1.807, 2.05) is 36.4 Å². The zero-order valence-electron chi connectivity index (χ0n) is 17.5. The van der Waals surface area contributed by atoms with Crippen LogP contribution in [-0.4, -0.2) is 30.6 Å². The van der Waals surface area contributed by atoms with Gasteiger partial charge >= 0.3 is 6.03 Å². The first-order valence-electron chi connectivity index (χ1n) is 10.9. The summed E-state index contributed by atoms with van der Waals surface area (Å²) in [6.45, 7) is 4.56. The Balaban J connectivity index is 1.42. The molecule has 6 heteroatoms. The molecule has 0 radical (unpaired) electrons. The highest BCUT2D eigenvalue weighted by Gasteiger charge is 2.42. The molecule has 1 aliphatic heterocycles. The van der Waals surface area contributed by atoms with E-state index in [1.54, 1.807) is 0 Å². The Morgan fingerprint density at radius 1 is 1.07 bits per heavy atom. The van der Waals surface area contributed by atoms with E-state index in [0.29, 0.717) is 19.4 Å². The molecular formula is C24H30N4O2. The van der Waals surface area contributed by atoms with Crippen molar-refractivity contribution in [2.24, 2.45) is 0 Å². The fraction of sp³-hybridized carbons (Fsp3) is 0.417. The Morgan fingerprint density at radius 2 is 1.83 bits per heavy atom. The predicted octanol–water partition coefficient (Wildman–Crippen LogP) is 3.82. The lowest BCUT2D eigenvalue weighted by Gasteiger charge is -2.29. The van der Waals surface area contributed by atoms with Crippen LogP contribution in [0, 0.1) is 0 Å². The van der Waals surface area contributed by atoms with Crippen LogP contribution in [0.3, 0.4) is 0 Å². The number of nitrogens with one attached hydrogen (secondary N) is 3. The molecule has 0 unspecified atom stereocenters. The molecule has 3 amide bonds. The van der Waals surface area contributed by atoms with Crippen molar-refractivity contribution in [3.05, 3.63) is 59.7 Å². The second-order valence-corrected chi connectivity index (χ2v) is 8.21. The lowest BCUT2D eigenvalue weighted by molar-refractivity contribution is -0.121. The third-order valence-electron chi connectivity index (χ3n) is 6.26. The maximum absolute atomic E-state index is 13.2. The lowest BCUT2D eigenvalue weighted by Crippen LogP contribution is -2.57. The first-order chi connectivity index (χ1) is 14.6. The SMILES string of the molecule is CCN1CCc2ccc(NC(=O)C3(NC(=O)NCc4ccccc4)CCCC3)cc21. The average molecular weight is 407 g/mol. The number of rotatable bonds is 6. The maximum atomic E-state index is 13.2. The van der Waals surface area contributed by atoms with Crippen LogP contribution in [0.25, 0.3) is 0 Å². The minimum absolute atomic E-state index is 0.129. The first-order valence-corrected chi connectivity index (χ1v) is 10.9. The highest BCUT2D eigenvalue weighted by molar-refractivity contribution is 6.01. The van der Waals surface area contributed by atoms with E-state index in [2.05, 4.69) is 39.9 Å². The van der Waals surface area contributed by atoms with Gasteiger partial charge in [-0.25, -0.2) is 4.79 Å². The summed E-state index contributed by atoms with van der Waals surface area (Å²) in [5.41, 5.74) is 3.48. The van der Waals surface area contributed by atoms with Crippen LogP contribution in [0.4, 0.5) is 16.2 Å². The number of likely N-dealkylation sites (N-methyl/N-ethyl adjacent to an activating group) is 1. The number of carbonyl (C=O) groups excluding carboxylic acids is 2. The Bertz CT molecular complexity index is 907. The van der Waals surface area contributed by atoms with E-state index >= 15 is 0 Å². The Kier molecular flexibility index (Phi) is 5.93. The molecule has 4 rings (SSSR count). The second-order valence-electron chi connectivity index (χ2n) is 8.21. The molecule has 0 saturated heterocycles.